The Labute approximate surface area is 112 Å². The van der Waals surface area contributed by atoms with Crippen LogP contribution in [0.5, 0.6) is 5.75 Å². The standard InChI is InChI=1S/C14H19NO4/c1-9(2)12(14(17)18)13(16)15-8-10-4-6-11(19-3)7-5-10/h4-7,9,12H,8H2,1-3H3,(H,15,16)(H,17,18). The predicted octanol–water partition coefficient (Wildman–Crippen LogP) is 1.67. The van der Waals surface area contributed by atoms with Crippen LogP contribution >= 0.6 is 0 Å². The number of carbonyl (C=O) groups excluding carboxylic acids is 1. The Morgan fingerprint density at radius 3 is 2.26 bits per heavy atom. The molecule has 2 N–H and O–H groups in total. The summed E-state index contributed by atoms with van der Waals surface area (Å²) in [4.78, 5) is 22.8. The van der Waals surface area contributed by atoms with Crippen LogP contribution in [0, 0.1) is 11.8 Å². The van der Waals surface area contributed by atoms with E-state index in [-0.39, 0.29) is 5.92 Å². The molecule has 0 bridgehead atoms. The van der Waals surface area contributed by atoms with Crippen molar-refractivity contribution in [2.24, 2.45) is 11.8 Å². The van der Waals surface area contributed by atoms with Gasteiger partial charge < -0.3 is 15.2 Å². The van der Waals surface area contributed by atoms with Gasteiger partial charge in [0.25, 0.3) is 0 Å². The first-order valence-corrected chi connectivity index (χ1v) is 6.09. The molecule has 104 valence electrons. The fourth-order valence-electron chi connectivity index (χ4n) is 1.74. The van der Waals surface area contributed by atoms with Gasteiger partial charge in [-0.25, -0.2) is 0 Å². The summed E-state index contributed by atoms with van der Waals surface area (Å²) in [6.45, 7) is 3.73. The van der Waals surface area contributed by atoms with E-state index in [1.807, 2.05) is 12.1 Å². The van der Waals surface area contributed by atoms with Crippen LogP contribution in [0.3, 0.4) is 0 Å². The molecule has 5 nitrogen and oxygen atoms in total. The van der Waals surface area contributed by atoms with Crippen molar-refractivity contribution >= 4 is 11.9 Å². The smallest absolute Gasteiger partial charge is 0.316 e. The molecule has 19 heavy (non-hydrogen) atoms. The van der Waals surface area contributed by atoms with E-state index in [0.717, 1.165) is 11.3 Å². The van der Waals surface area contributed by atoms with Crippen molar-refractivity contribution in [1.29, 1.82) is 0 Å². The number of rotatable bonds is 6. The Kier molecular flexibility index (Phi) is 5.36. The minimum atomic E-state index is -1.10. The summed E-state index contributed by atoms with van der Waals surface area (Å²) < 4.78 is 5.03. The second kappa shape index (κ2) is 6.78. The van der Waals surface area contributed by atoms with Crippen LogP contribution in [-0.2, 0) is 16.1 Å². The van der Waals surface area contributed by atoms with Crippen LogP contribution in [0.15, 0.2) is 24.3 Å². The molecule has 0 saturated carbocycles. The summed E-state index contributed by atoms with van der Waals surface area (Å²) in [5.41, 5.74) is 0.891. The number of nitrogens with one attached hydrogen (secondary N) is 1. The normalized spacial score (nSPS) is 12.0. The Morgan fingerprint density at radius 1 is 1.26 bits per heavy atom. The highest BCUT2D eigenvalue weighted by atomic mass is 16.5. The molecule has 1 aromatic rings. The number of methoxy groups -OCH3 is 1. The highest BCUT2D eigenvalue weighted by molar-refractivity contribution is 5.97. The van der Waals surface area contributed by atoms with Crippen LogP contribution < -0.4 is 10.1 Å². The van der Waals surface area contributed by atoms with Gasteiger partial charge in [-0.05, 0) is 23.6 Å². The maximum absolute atomic E-state index is 11.8. The fourth-order valence-corrected chi connectivity index (χ4v) is 1.74. The summed E-state index contributed by atoms with van der Waals surface area (Å²) in [6, 6.07) is 7.23. The first kappa shape index (κ1) is 15.0. The van der Waals surface area contributed by atoms with Crippen molar-refractivity contribution in [3.05, 3.63) is 29.8 Å². The highest BCUT2D eigenvalue weighted by Gasteiger charge is 2.29. The molecule has 0 heterocycles. The lowest BCUT2D eigenvalue weighted by Crippen LogP contribution is -2.38. The summed E-state index contributed by atoms with van der Waals surface area (Å²) in [7, 11) is 1.58. The summed E-state index contributed by atoms with van der Waals surface area (Å²) in [5.74, 6) is -2.08. The molecule has 0 aliphatic rings. The van der Waals surface area contributed by atoms with Gasteiger partial charge in [0, 0.05) is 6.54 Å². The van der Waals surface area contributed by atoms with Gasteiger partial charge in [0.2, 0.25) is 5.91 Å². The molecule has 1 rings (SSSR count). The maximum atomic E-state index is 11.8. The lowest BCUT2D eigenvalue weighted by atomic mass is 9.95. The number of amides is 1. The first-order valence-electron chi connectivity index (χ1n) is 6.09. The minimum Gasteiger partial charge on any atom is -0.497 e. The molecule has 0 aliphatic heterocycles. The molecule has 0 radical (unpaired) electrons. The number of benzene rings is 1. The van der Waals surface area contributed by atoms with E-state index in [1.165, 1.54) is 0 Å². The third kappa shape index (κ3) is 4.28. The molecule has 5 heteroatoms. The monoisotopic (exact) mass is 265 g/mol. The van der Waals surface area contributed by atoms with E-state index < -0.39 is 17.8 Å². The number of ether oxygens (including phenoxy) is 1. The molecule has 0 fully saturated rings. The second-order valence-corrected chi connectivity index (χ2v) is 4.63. The summed E-state index contributed by atoms with van der Waals surface area (Å²) in [6.07, 6.45) is 0. The molecule has 1 atom stereocenters. The zero-order chi connectivity index (χ0) is 14.4. The van der Waals surface area contributed by atoms with Crippen molar-refractivity contribution in [2.45, 2.75) is 20.4 Å². The molecule has 1 unspecified atom stereocenters. The molecule has 1 aromatic carbocycles. The van der Waals surface area contributed by atoms with Crippen LogP contribution in [0.25, 0.3) is 0 Å². The van der Waals surface area contributed by atoms with Gasteiger partial charge in [0.15, 0.2) is 0 Å². The average molecular weight is 265 g/mol. The van der Waals surface area contributed by atoms with Crippen molar-refractivity contribution in [2.75, 3.05) is 7.11 Å². The Bertz CT molecular complexity index is 439. The first-order chi connectivity index (χ1) is 8.95. The van der Waals surface area contributed by atoms with E-state index in [9.17, 15) is 9.59 Å². The number of carbonyl (C=O) groups is 2. The van der Waals surface area contributed by atoms with Crippen LogP contribution in [-0.4, -0.2) is 24.1 Å². The minimum absolute atomic E-state index is 0.242. The van der Waals surface area contributed by atoms with Crippen LogP contribution in [0.2, 0.25) is 0 Å². The third-order valence-corrected chi connectivity index (χ3v) is 2.84. The lowest BCUT2D eigenvalue weighted by Gasteiger charge is -2.15. The van der Waals surface area contributed by atoms with Gasteiger partial charge in [-0.2, -0.15) is 0 Å². The Balaban J connectivity index is 2.59. The van der Waals surface area contributed by atoms with Crippen molar-refractivity contribution < 1.29 is 19.4 Å². The number of carboxylic acids is 1. The largest absolute Gasteiger partial charge is 0.497 e. The van der Waals surface area contributed by atoms with E-state index in [0.29, 0.717) is 6.54 Å². The van der Waals surface area contributed by atoms with Crippen molar-refractivity contribution in [1.82, 2.24) is 5.32 Å². The molecular weight excluding hydrogens is 246 g/mol. The van der Waals surface area contributed by atoms with Gasteiger partial charge in [-0.1, -0.05) is 26.0 Å². The predicted molar refractivity (Wildman–Crippen MR) is 70.8 cm³/mol. The quantitative estimate of drug-likeness (QED) is 0.767. The summed E-state index contributed by atoms with van der Waals surface area (Å²) in [5, 5.41) is 11.6. The lowest BCUT2D eigenvalue weighted by molar-refractivity contribution is -0.148. The zero-order valence-corrected chi connectivity index (χ0v) is 11.3. The SMILES string of the molecule is COc1ccc(CNC(=O)C(C(=O)O)C(C)C)cc1. The van der Waals surface area contributed by atoms with Gasteiger partial charge in [-0.15, -0.1) is 0 Å². The van der Waals surface area contributed by atoms with Crippen molar-refractivity contribution in [3.8, 4) is 5.75 Å². The molecule has 0 spiro atoms. The zero-order valence-electron chi connectivity index (χ0n) is 11.3. The van der Waals surface area contributed by atoms with Gasteiger partial charge in [-0.3, -0.25) is 9.59 Å². The number of carboxylic acid groups (broad SMARTS) is 1. The van der Waals surface area contributed by atoms with Crippen LogP contribution in [0.4, 0.5) is 0 Å². The fraction of sp³-hybridized carbons (Fsp3) is 0.429. The number of aliphatic carboxylic acids is 1. The summed E-state index contributed by atoms with van der Waals surface area (Å²) >= 11 is 0. The molecule has 0 saturated heterocycles. The Morgan fingerprint density at radius 2 is 1.84 bits per heavy atom. The van der Waals surface area contributed by atoms with E-state index in [1.54, 1.807) is 33.1 Å². The molecular formula is C14H19NO4. The number of hydrogen-bond donors (Lipinski definition) is 2. The van der Waals surface area contributed by atoms with E-state index in [2.05, 4.69) is 5.32 Å². The molecule has 0 aliphatic carbocycles. The Hall–Kier alpha value is -2.04. The van der Waals surface area contributed by atoms with Gasteiger partial charge >= 0.3 is 5.97 Å². The third-order valence-electron chi connectivity index (χ3n) is 2.84. The van der Waals surface area contributed by atoms with E-state index >= 15 is 0 Å². The maximum Gasteiger partial charge on any atom is 0.316 e. The number of hydrogen-bond acceptors (Lipinski definition) is 3. The topological polar surface area (TPSA) is 75.6 Å². The van der Waals surface area contributed by atoms with Gasteiger partial charge in [0.05, 0.1) is 7.11 Å². The van der Waals surface area contributed by atoms with Crippen LogP contribution in [0.1, 0.15) is 19.4 Å². The second-order valence-electron chi connectivity index (χ2n) is 4.63. The molecule has 1 amide bonds. The average Bonchev–Trinajstić information content (AvgIpc) is 2.36. The molecule has 0 aromatic heterocycles. The van der Waals surface area contributed by atoms with E-state index in [4.69, 9.17) is 9.84 Å². The van der Waals surface area contributed by atoms with Gasteiger partial charge in [0.1, 0.15) is 11.7 Å². The highest BCUT2D eigenvalue weighted by Crippen LogP contribution is 2.13. The van der Waals surface area contributed by atoms with Crippen molar-refractivity contribution in [3.63, 3.8) is 0 Å².